The van der Waals surface area contributed by atoms with E-state index < -0.39 is 0 Å². The molecule has 0 saturated carbocycles. The Morgan fingerprint density at radius 2 is 2.58 bits per heavy atom. The highest BCUT2D eigenvalue weighted by Crippen LogP contribution is 2.17. The summed E-state index contributed by atoms with van der Waals surface area (Å²) in [4.78, 5) is 5.37. The predicted molar refractivity (Wildman–Crippen MR) is 56.5 cm³/mol. The molecule has 12 heavy (non-hydrogen) atoms. The van der Waals surface area contributed by atoms with Gasteiger partial charge in [-0.25, -0.2) is 0 Å². The number of thiazole rings is 1. The van der Waals surface area contributed by atoms with E-state index in [0.717, 1.165) is 18.1 Å². The summed E-state index contributed by atoms with van der Waals surface area (Å²) in [5, 5.41) is 0. The zero-order valence-corrected chi connectivity index (χ0v) is 8.83. The zero-order chi connectivity index (χ0) is 8.81. The maximum Gasteiger partial charge on any atom is 0.0794 e. The zero-order valence-electron chi connectivity index (χ0n) is 7.19. The van der Waals surface area contributed by atoms with Crippen LogP contribution in [0.15, 0.2) is 11.7 Å². The first kappa shape index (κ1) is 10.0. The van der Waals surface area contributed by atoms with Crippen molar-refractivity contribution in [1.82, 2.24) is 4.98 Å². The average Bonchev–Trinajstić information content (AvgIpc) is 2.57. The first-order valence-corrected chi connectivity index (χ1v) is 6.01. The van der Waals surface area contributed by atoms with Crippen LogP contribution < -0.4 is 5.73 Å². The summed E-state index contributed by atoms with van der Waals surface area (Å²) >= 11 is 3.65. The van der Waals surface area contributed by atoms with Gasteiger partial charge in [0.25, 0.3) is 0 Å². The van der Waals surface area contributed by atoms with Crippen molar-refractivity contribution in [3.05, 3.63) is 16.6 Å². The minimum Gasteiger partial charge on any atom is -0.330 e. The highest BCUT2D eigenvalue weighted by molar-refractivity contribution is 7.98. The first-order chi connectivity index (χ1) is 5.83. The Labute approximate surface area is 81.6 Å². The fraction of sp³-hybridized carbons (Fsp3) is 0.625. The van der Waals surface area contributed by atoms with Gasteiger partial charge in [-0.2, -0.15) is 11.8 Å². The number of rotatable bonds is 5. The van der Waals surface area contributed by atoms with Crippen molar-refractivity contribution < 1.29 is 0 Å². The molecule has 0 saturated heterocycles. The monoisotopic (exact) mass is 202 g/mol. The van der Waals surface area contributed by atoms with Crippen molar-refractivity contribution in [1.29, 1.82) is 0 Å². The van der Waals surface area contributed by atoms with E-state index in [2.05, 4.69) is 11.9 Å². The molecule has 0 radical (unpaired) electrons. The van der Waals surface area contributed by atoms with Gasteiger partial charge in [0.15, 0.2) is 0 Å². The molecule has 1 aromatic rings. The number of thioether (sulfide) groups is 1. The quantitative estimate of drug-likeness (QED) is 0.793. The molecule has 1 aromatic heterocycles. The van der Waals surface area contributed by atoms with Crippen LogP contribution in [0.1, 0.15) is 11.8 Å². The second-order valence-electron chi connectivity index (χ2n) is 2.82. The molecule has 68 valence electrons. The molecule has 1 heterocycles. The molecule has 2 N–H and O–H groups in total. The fourth-order valence-corrected chi connectivity index (χ4v) is 2.58. The molecule has 1 unspecified atom stereocenters. The van der Waals surface area contributed by atoms with E-state index in [-0.39, 0.29) is 0 Å². The lowest BCUT2D eigenvalue weighted by Crippen LogP contribution is -2.12. The van der Waals surface area contributed by atoms with E-state index >= 15 is 0 Å². The van der Waals surface area contributed by atoms with Gasteiger partial charge in [-0.05, 0) is 18.2 Å². The van der Waals surface area contributed by atoms with Crippen molar-refractivity contribution in [2.75, 3.05) is 12.3 Å². The summed E-state index contributed by atoms with van der Waals surface area (Å²) in [5.74, 6) is 2.85. The van der Waals surface area contributed by atoms with Gasteiger partial charge in [0.2, 0.25) is 0 Å². The molecule has 0 aliphatic rings. The summed E-state index contributed by atoms with van der Waals surface area (Å²) in [6, 6.07) is 0. The van der Waals surface area contributed by atoms with Crippen LogP contribution in [0, 0.1) is 5.92 Å². The Morgan fingerprint density at radius 3 is 3.17 bits per heavy atom. The number of nitrogens with zero attached hydrogens (tertiary/aromatic N) is 1. The van der Waals surface area contributed by atoms with Crippen LogP contribution in [0.3, 0.4) is 0 Å². The van der Waals surface area contributed by atoms with Gasteiger partial charge in [-0.15, -0.1) is 11.3 Å². The van der Waals surface area contributed by atoms with E-state index in [9.17, 15) is 0 Å². The van der Waals surface area contributed by atoms with Gasteiger partial charge in [-0.1, -0.05) is 6.92 Å². The number of hydrogen-bond donors (Lipinski definition) is 1. The summed E-state index contributed by atoms with van der Waals surface area (Å²) in [6.45, 7) is 2.97. The van der Waals surface area contributed by atoms with Crippen LogP contribution in [-0.2, 0) is 5.75 Å². The summed E-state index contributed by atoms with van der Waals surface area (Å²) in [7, 11) is 0. The molecule has 1 atom stereocenters. The third kappa shape index (κ3) is 3.56. The van der Waals surface area contributed by atoms with Gasteiger partial charge >= 0.3 is 0 Å². The molecule has 0 amide bonds. The van der Waals surface area contributed by atoms with E-state index in [1.54, 1.807) is 11.3 Å². The topological polar surface area (TPSA) is 38.9 Å². The first-order valence-electron chi connectivity index (χ1n) is 3.98. The third-order valence-electron chi connectivity index (χ3n) is 1.53. The number of aromatic nitrogens is 1. The van der Waals surface area contributed by atoms with E-state index in [0.29, 0.717) is 5.92 Å². The lowest BCUT2D eigenvalue weighted by atomic mass is 10.2. The Balaban J connectivity index is 2.11. The molecule has 1 rings (SSSR count). The lowest BCUT2D eigenvalue weighted by molar-refractivity contribution is 0.675. The minimum absolute atomic E-state index is 0.628. The van der Waals surface area contributed by atoms with Crippen molar-refractivity contribution in [3.63, 3.8) is 0 Å². The molecule has 0 fully saturated rings. The molecular weight excluding hydrogens is 188 g/mol. The molecule has 0 spiro atoms. The Kier molecular flexibility index (Phi) is 4.65. The molecule has 0 bridgehead atoms. The molecular formula is C8H14N2S2. The van der Waals surface area contributed by atoms with Gasteiger partial charge in [0.05, 0.1) is 5.51 Å². The molecule has 0 aliphatic heterocycles. The third-order valence-corrected chi connectivity index (χ3v) is 3.81. The highest BCUT2D eigenvalue weighted by Gasteiger charge is 2.00. The van der Waals surface area contributed by atoms with Gasteiger partial charge in [0, 0.05) is 16.8 Å². The van der Waals surface area contributed by atoms with Crippen LogP contribution >= 0.6 is 23.1 Å². The average molecular weight is 202 g/mol. The summed E-state index contributed by atoms with van der Waals surface area (Å²) < 4.78 is 0. The van der Waals surface area contributed by atoms with E-state index in [1.165, 1.54) is 4.88 Å². The molecule has 4 heteroatoms. The van der Waals surface area contributed by atoms with Crippen molar-refractivity contribution in [3.8, 4) is 0 Å². The van der Waals surface area contributed by atoms with E-state index in [1.807, 2.05) is 23.5 Å². The second-order valence-corrected chi connectivity index (χ2v) is 4.82. The summed E-state index contributed by atoms with van der Waals surface area (Å²) in [6.07, 6.45) is 1.94. The fourth-order valence-electron chi connectivity index (χ4n) is 0.742. The summed E-state index contributed by atoms with van der Waals surface area (Å²) in [5.41, 5.74) is 7.39. The Hall–Kier alpha value is -0.0600. The van der Waals surface area contributed by atoms with Crippen LogP contribution in [0.25, 0.3) is 0 Å². The number of nitrogens with two attached hydrogens (primary N) is 1. The normalized spacial score (nSPS) is 13.2. The Morgan fingerprint density at radius 1 is 1.75 bits per heavy atom. The van der Waals surface area contributed by atoms with Gasteiger partial charge in [0.1, 0.15) is 0 Å². The largest absolute Gasteiger partial charge is 0.330 e. The van der Waals surface area contributed by atoms with Gasteiger partial charge in [-0.3, -0.25) is 4.98 Å². The Bertz CT molecular complexity index is 199. The molecule has 0 aliphatic carbocycles. The maximum absolute atomic E-state index is 5.51. The minimum atomic E-state index is 0.628. The van der Waals surface area contributed by atoms with Crippen LogP contribution in [0.5, 0.6) is 0 Å². The van der Waals surface area contributed by atoms with Crippen molar-refractivity contribution >= 4 is 23.1 Å². The second kappa shape index (κ2) is 5.56. The van der Waals surface area contributed by atoms with Crippen molar-refractivity contribution in [2.45, 2.75) is 12.7 Å². The highest BCUT2D eigenvalue weighted by atomic mass is 32.2. The van der Waals surface area contributed by atoms with Crippen LogP contribution in [-0.4, -0.2) is 17.3 Å². The van der Waals surface area contributed by atoms with Crippen molar-refractivity contribution in [2.24, 2.45) is 11.7 Å². The number of hydrogen-bond acceptors (Lipinski definition) is 4. The predicted octanol–water partition coefficient (Wildman–Crippen LogP) is 1.97. The molecule has 2 nitrogen and oxygen atoms in total. The lowest BCUT2D eigenvalue weighted by Gasteiger charge is -2.05. The van der Waals surface area contributed by atoms with E-state index in [4.69, 9.17) is 5.73 Å². The standard InChI is InChI=1S/C8H14N2S2/c1-7(2-9)4-11-5-8-3-10-6-12-8/h3,6-7H,2,4-5,9H2,1H3. The van der Waals surface area contributed by atoms with Gasteiger partial charge < -0.3 is 5.73 Å². The van der Waals surface area contributed by atoms with Crippen LogP contribution in [0.4, 0.5) is 0 Å². The maximum atomic E-state index is 5.51. The SMILES string of the molecule is CC(CN)CSCc1cncs1. The van der Waals surface area contributed by atoms with Crippen LogP contribution in [0.2, 0.25) is 0 Å². The smallest absolute Gasteiger partial charge is 0.0794 e. The molecule has 0 aromatic carbocycles.